The van der Waals surface area contributed by atoms with Gasteiger partial charge in [-0.05, 0) is 32.4 Å². The second kappa shape index (κ2) is 9.36. The maximum absolute atomic E-state index is 12.0. The van der Waals surface area contributed by atoms with E-state index in [0.29, 0.717) is 6.54 Å². The Labute approximate surface area is 155 Å². The van der Waals surface area contributed by atoms with Crippen molar-refractivity contribution >= 4 is 11.7 Å². The first-order chi connectivity index (χ1) is 12.3. The molecule has 0 aromatic carbocycles. The van der Waals surface area contributed by atoms with Crippen molar-refractivity contribution in [3.05, 3.63) is 36.2 Å². The summed E-state index contributed by atoms with van der Waals surface area (Å²) >= 11 is 0. The molecule has 1 aromatic rings. The molecule has 0 saturated heterocycles. The zero-order valence-electron chi connectivity index (χ0n) is 15.3. The summed E-state index contributed by atoms with van der Waals surface area (Å²) in [6.07, 6.45) is -0.0423. The van der Waals surface area contributed by atoms with Crippen LogP contribution >= 0.6 is 0 Å². The highest BCUT2D eigenvalue weighted by atomic mass is 19.4. The number of pyridine rings is 1. The van der Waals surface area contributed by atoms with Gasteiger partial charge in [-0.3, -0.25) is 4.99 Å². The van der Waals surface area contributed by atoms with Crippen LogP contribution in [-0.2, 0) is 11.3 Å². The summed E-state index contributed by atoms with van der Waals surface area (Å²) in [5, 5.41) is 8.75. The summed E-state index contributed by atoms with van der Waals surface area (Å²) in [5.41, 5.74) is 6.07. The third kappa shape index (κ3) is 10.9. The number of rotatable bonds is 5. The summed E-state index contributed by atoms with van der Waals surface area (Å²) in [7, 11) is 0. The van der Waals surface area contributed by atoms with Crippen molar-refractivity contribution in [2.24, 2.45) is 10.7 Å². The average molecular weight is 388 g/mol. The van der Waals surface area contributed by atoms with Crippen LogP contribution in [0.3, 0.4) is 0 Å². The highest BCUT2D eigenvalue weighted by Crippen LogP contribution is 2.17. The fourth-order valence-corrected chi connectivity index (χ4v) is 1.66. The number of aromatic nitrogens is 1. The topological polar surface area (TPSA) is 101 Å². The van der Waals surface area contributed by atoms with Gasteiger partial charge in [0.15, 0.2) is 6.61 Å². The van der Waals surface area contributed by atoms with E-state index in [1.54, 1.807) is 17.2 Å². The number of carboxylic acids is 1. The Morgan fingerprint density at radius 1 is 1.33 bits per heavy atom. The monoisotopic (exact) mass is 388 g/mol. The molecular formula is C17H23F3N4O3. The molecule has 0 fully saturated rings. The number of ether oxygens (including phenoxy) is 1. The maximum atomic E-state index is 12.0. The van der Waals surface area contributed by atoms with Gasteiger partial charge >= 0.3 is 12.1 Å². The molecule has 150 valence electrons. The fraction of sp³-hybridized carbons (Fsp3) is 0.471. The Bertz CT molecular complexity index is 674. The van der Waals surface area contributed by atoms with Gasteiger partial charge in [0, 0.05) is 30.5 Å². The van der Waals surface area contributed by atoms with Crippen LogP contribution < -0.4 is 10.5 Å². The summed E-state index contributed by atoms with van der Waals surface area (Å²) in [6, 6.07) is 2.93. The van der Waals surface area contributed by atoms with Crippen LogP contribution in [-0.4, -0.2) is 51.7 Å². The van der Waals surface area contributed by atoms with Crippen molar-refractivity contribution in [2.45, 2.75) is 39.0 Å². The number of hydrogen-bond donors (Lipinski definition) is 2. The number of alkyl halides is 3. The van der Waals surface area contributed by atoms with Crippen molar-refractivity contribution in [1.82, 2.24) is 9.88 Å². The molecule has 0 aliphatic carbocycles. The molecular weight excluding hydrogens is 365 g/mol. The van der Waals surface area contributed by atoms with Gasteiger partial charge < -0.3 is 20.5 Å². The van der Waals surface area contributed by atoms with Crippen molar-refractivity contribution < 1.29 is 27.8 Å². The Morgan fingerprint density at radius 2 is 1.96 bits per heavy atom. The molecule has 0 unspecified atom stereocenters. The number of aliphatic carboxylic acids is 1. The van der Waals surface area contributed by atoms with E-state index in [1.807, 2.05) is 20.8 Å². The van der Waals surface area contributed by atoms with E-state index >= 15 is 0 Å². The van der Waals surface area contributed by atoms with Crippen LogP contribution in [0.4, 0.5) is 13.2 Å². The number of carbonyl (C=O) groups is 1. The quantitative estimate of drug-likeness (QED) is 0.804. The highest BCUT2D eigenvalue weighted by Gasteiger charge is 2.28. The van der Waals surface area contributed by atoms with Gasteiger partial charge in [0.05, 0.1) is 0 Å². The lowest BCUT2D eigenvalue weighted by Gasteiger charge is -2.21. The minimum atomic E-state index is -4.40. The van der Waals surface area contributed by atoms with E-state index in [2.05, 4.69) is 14.7 Å². The molecule has 2 heterocycles. The van der Waals surface area contributed by atoms with Gasteiger partial charge in [0.25, 0.3) is 0 Å². The Balaban J connectivity index is 0.000000646. The summed E-state index contributed by atoms with van der Waals surface area (Å²) < 4.78 is 40.5. The molecule has 27 heavy (non-hydrogen) atoms. The third-order valence-electron chi connectivity index (χ3n) is 2.65. The molecule has 0 spiro atoms. The van der Waals surface area contributed by atoms with Gasteiger partial charge in [-0.1, -0.05) is 6.07 Å². The molecule has 1 aliphatic rings. The van der Waals surface area contributed by atoms with Crippen LogP contribution in [0.25, 0.3) is 0 Å². The van der Waals surface area contributed by atoms with Crippen LogP contribution in [0.5, 0.6) is 5.88 Å². The van der Waals surface area contributed by atoms with Crippen LogP contribution in [0.2, 0.25) is 0 Å². The Morgan fingerprint density at radius 3 is 2.37 bits per heavy atom. The molecule has 0 amide bonds. The molecule has 10 heteroatoms. The second-order valence-corrected chi connectivity index (χ2v) is 6.83. The van der Waals surface area contributed by atoms with Gasteiger partial charge in [0.2, 0.25) is 5.88 Å². The fourth-order valence-electron chi connectivity index (χ4n) is 1.66. The predicted octanol–water partition coefficient (Wildman–Crippen LogP) is 2.58. The number of nitrogens with zero attached hydrogens (tertiary/aromatic N) is 3. The number of nitrogens with two attached hydrogens (primary N) is 1. The largest absolute Gasteiger partial charge is 0.477 e. The van der Waals surface area contributed by atoms with Crippen molar-refractivity contribution in [1.29, 1.82) is 0 Å². The number of halogens is 3. The van der Waals surface area contributed by atoms with Crippen LogP contribution in [0, 0.1) is 0 Å². The minimum Gasteiger partial charge on any atom is -0.477 e. The van der Waals surface area contributed by atoms with Crippen molar-refractivity contribution in [3.8, 4) is 5.88 Å². The molecule has 0 atom stereocenters. The second-order valence-electron chi connectivity index (χ2n) is 6.83. The van der Waals surface area contributed by atoms with Gasteiger partial charge in [-0.15, -0.1) is 0 Å². The molecule has 2 rings (SSSR count). The van der Waals surface area contributed by atoms with E-state index in [4.69, 9.17) is 10.8 Å². The Hall–Kier alpha value is -2.62. The van der Waals surface area contributed by atoms with Crippen LogP contribution in [0.15, 0.2) is 35.6 Å². The number of hydrogen-bond acceptors (Lipinski definition) is 6. The van der Waals surface area contributed by atoms with E-state index in [1.165, 1.54) is 18.3 Å². The van der Waals surface area contributed by atoms with E-state index in [-0.39, 0.29) is 23.8 Å². The SMILES string of the molecule is CC(C)(C)N.O=C(O)C1=NCN(Cc2ccc(OCC(F)(F)F)nc2)C=C1. The predicted molar refractivity (Wildman–Crippen MR) is 94.3 cm³/mol. The average Bonchev–Trinajstić information content (AvgIpc) is 2.52. The van der Waals surface area contributed by atoms with E-state index in [0.717, 1.165) is 5.56 Å². The molecule has 1 aromatic heterocycles. The lowest BCUT2D eigenvalue weighted by Crippen LogP contribution is -2.26. The lowest BCUT2D eigenvalue weighted by molar-refractivity contribution is -0.154. The van der Waals surface area contributed by atoms with Crippen molar-refractivity contribution in [3.63, 3.8) is 0 Å². The third-order valence-corrected chi connectivity index (χ3v) is 2.65. The normalized spacial score (nSPS) is 14.2. The zero-order chi connectivity index (χ0) is 20.7. The number of aliphatic imine (C=N–C) groups is 1. The van der Waals surface area contributed by atoms with Gasteiger partial charge in [-0.2, -0.15) is 13.2 Å². The first-order valence-corrected chi connectivity index (χ1v) is 7.97. The highest BCUT2D eigenvalue weighted by molar-refractivity contribution is 6.40. The standard InChI is InChI=1S/C13H12F3N3O3.C4H11N/c14-13(15,16)7-22-11-2-1-9(5-17-11)6-19-4-3-10(12(20)21)18-8-19;1-4(2,3)5/h1-5H,6-8H2,(H,20,21);5H2,1-3H3. The first-order valence-electron chi connectivity index (χ1n) is 7.97. The molecule has 7 nitrogen and oxygen atoms in total. The van der Waals surface area contributed by atoms with E-state index < -0.39 is 18.8 Å². The van der Waals surface area contributed by atoms with Crippen molar-refractivity contribution in [2.75, 3.05) is 13.3 Å². The summed E-state index contributed by atoms with van der Waals surface area (Å²) in [5.74, 6) is -1.20. The van der Waals surface area contributed by atoms with Gasteiger partial charge in [-0.25, -0.2) is 9.78 Å². The van der Waals surface area contributed by atoms with E-state index in [9.17, 15) is 18.0 Å². The van der Waals surface area contributed by atoms with Gasteiger partial charge in [0.1, 0.15) is 12.4 Å². The first kappa shape index (κ1) is 22.4. The zero-order valence-corrected chi connectivity index (χ0v) is 15.3. The minimum absolute atomic E-state index is 0. The molecule has 0 bridgehead atoms. The smallest absolute Gasteiger partial charge is 0.422 e. The lowest BCUT2D eigenvalue weighted by atomic mass is 10.1. The molecule has 0 saturated carbocycles. The maximum Gasteiger partial charge on any atom is 0.422 e. The molecule has 0 radical (unpaired) electrons. The number of carboxylic acid groups (broad SMARTS) is 1. The molecule has 3 N–H and O–H groups in total. The molecule has 1 aliphatic heterocycles. The Kier molecular flexibility index (Phi) is 7.77. The summed E-state index contributed by atoms with van der Waals surface area (Å²) in [6.45, 7) is 5.10. The summed E-state index contributed by atoms with van der Waals surface area (Å²) in [4.78, 5) is 20.1. The van der Waals surface area contributed by atoms with Crippen LogP contribution in [0.1, 0.15) is 26.3 Å².